The van der Waals surface area contributed by atoms with Crippen molar-refractivity contribution in [3.8, 4) is 0 Å². The van der Waals surface area contributed by atoms with Gasteiger partial charge in [0.15, 0.2) is 0 Å². The number of carbonyl (C=O) groups excluding carboxylic acids is 1. The third-order valence-electron chi connectivity index (χ3n) is 7.99. The fourth-order valence-corrected chi connectivity index (χ4v) is 5.87. The van der Waals surface area contributed by atoms with E-state index in [1.807, 2.05) is 26.1 Å². The zero-order valence-electron chi connectivity index (χ0n) is 19.6. The fourth-order valence-electron chi connectivity index (χ4n) is 5.87. The summed E-state index contributed by atoms with van der Waals surface area (Å²) in [6, 6.07) is 6.22. The number of carbonyl (C=O) groups is 1. The zero-order chi connectivity index (χ0) is 23.4. The molecule has 3 aromatic rings. The molecule has 0 spiro atoms. The van der Waals surface area contributed by atoms with E-state index in [1.165, 1.54) is 11.1 Å². The number of hydrogen-bond acceptors (Lipinski definition) is 6. The van der Waals surface area contributed by atoms with Gasteiger partial charge in [-0.15, -0.1) is 0 Å². The molecule has 4 heterocycles. The Kier molecular flexibility index (Phi) is 5.13. The van der Waals surface area contributed by atoms with Gasteiger partial charge in [0.2, 0.25) is 0 Å². The number of fused-ring (bicyclic) bond motifs is 2. The number of aliphatic hydroxyl groups excluding tert-OH is 1. The Labute approximate surface area is 199 Å². The van der Waals surface area contributed by atoms with Crippen molar-refractivity contribution < 1.29 is 9.90 Å². The standard InChI is InChI=1S/C26H30N6O2/c1-15-17(3-6-25(29-15)31-12-21-22(13-31)23(21)14-33)10-32-11-18(9-28-32)26(34)30-24-5-4-19-16(2)27-8-7-20(19)24/h3,6-9,11,21-24,33H,4-5,10,12-14H2,1-2H3,(H,30,34)/t21-,22+,23?,24-/m1/s1. The summed E-state index contributed by atoms with van der Waals surface area (Å²) in [6.07, 6.45) is 7.10. The molecule has 0 bridgehead atoms. The van der Waals surface area contributed by atoms with Gasteiger partial charge in [0.25, 0.3) is 5.91 Å². The van der Waals surface area contributed by atoms with Gasteiger partial charge >= 0.3 is 0 Å². The van der Waals surface area contributed by atoms with Gasteiger partial charge in [-0.25, -0.2) is 4.98 Å². The summed E-state index contributed by atoms with van der Waals surface area (Å²) >= 11 is 0. The second kappa shape index (κ2) is 8.20. The largest absolute Gasteiger partial charge is 0.396 e. The summed E-state index contributed by atoms with van der Waals surface area (Å²) in [5, 5.41) is 17.0. The second-order valence-corrected chi connectivity index (χ2v) is 9.95. The molecular weight excluding hydrogens is 428 g/mol. The average Bonchev–Trinajstić information content (AvgIpc) is 3.27. The van der Waals surface area contributed by atoms with Crippen LogP contribution in [0.3, 0.4) is 0 Å². The number of piperidine rings is 1. The molecule has 1 saturated heterocycles. The first-order valence-electron chi connectivity index (χ1n) is 12.1. The third-order valence-corrected chi connectivity index (χ3v) is 7.99. The number of nitrogens with one attached hydrogen (secondary N) is 1. The molecule has 1 unspecified atom stereocenters. The van der Waals surface area contributed by atoms with E-state index >= 15 is 0 Å². The van der Waals surface area contributed by atoms with Crippen molar-refractivity contribution in [3.63, 3.8) is 0 Å². The molecule has 34 heavy (non-hydrogen) atoms. The van der Waals surface area contributed by atoms with Crippen LogP contribution >= 0.6 is 0 Å². The van der Waals surface area contributed by atoms with E-state index in [9.17, 15) is 9.90 Å². The zero-order valence-corrected chi connectivity index (χ0v) is 19.6. The lowest BCUT2D eigenvalue weighted by Gasteiger charge is -2.21. The summed E-state index contributed by atoms with van der Waals surface area (Å²) in [6.45, 7) is 6.90. The highest BCUT2D eigenvalue weighted by molar-refractivity contribution is 5.94. The monoisotopic (exact) mass is 458 g/mol. The van der Waals surface area contributed by atoms with Crippen LogP contribution in [0.2, 0.25) is 0 Å². The fraction of sp³-hybridized carbons (Fsp3) is 0.462. The van der Waals surface area contributed by atoms with Crippen molar-refractivity contribution >= 4 is 11.7 Å². The van der Waals surface area contributed by atoms with Gasteiger partial charge in [-0.3, -0.25) is 14.5 Å². The lowest BCUT2D eigenvalue weighted by molar-refractivity contribution is 0.0936. The maximum atomic E-state index is 12.9. The molecule has 1 saturated carbocycles. The van der Waals surface area contributed by atoms with Crippen molar-refractivity contribution in [1.82, 2.24) is 25.1 Å². The van der Waals surface area contributed by atoms with Crippen LogP contribution in [0.1, 0.15) is 50.9 Å². The number of aliphatic hydroxyl groups is 1. The predicted octanol–water partition coefficient (Wildman–Crippen LogP) is 2.43. The topological polar surface area (TPSA) is 96.2 Å². The van der Waals surface area contributed by atoms with Crippen LogP contribution < -0.4 is 10.2 Å². The van der Waals surface area contributed by atoms with Gasteiger partial charge in [0.05, 0.1) is 24.3 Å². The van der Waals surface area contributed by atoms with Crippen molar-refractivity contribution in [2.24, 2.45) is 17.8 Å². The van der Waals surface area contributed by atoms with Crippen LogP contribution in [0.15, 0.2) is 36.8 Å². The molecule has 1 amide bonds. The van der Waals surface area contributed by atoms with Crippen molar-refractivity contribution in [2.75, 3.05) is 24.6 Å². The number of amides is 1. The Balaban J connectivity index is 1.09. The van der Waals surface area contributed by atoms with Gasteiger partial charge in [-0.2, -0.15) is 5.10 Å². The van der Waals surface area contributed by atoms with Crippen LogP contribution in [0.4, 0.5) is 5.82 Å². The average molecular weight is 459 g/mol. The normalized spacial score (nSPS) is 24.7. The third kappa shape index (κ3) is 3.66. The molecule has 8 nitrogen and oxygen atoms in total. The first kappa shape index (κ1) is 21.3. The van der Waals surface area contributed by atoms with Crippen molar-refractivity contribution in [2.45, 2.75) is 39.3 Å². The highest BCUT2D eigenvalue weighted by Gasteiger charge is 2.55. The van der Waals surface area contributed by atoms with Crippen LogP contribution in [0.5, 0.6) is 0 Å². The summed E-state index contributed by atoms with van der Waals surface area (Å²) in [7, 11) is 0. The minimum atomic E-state index is -0.0995. The Morgan fingerprint density at radius 1 is 1.18 bits per heavy atom. The number of anilines is 1. The molecule has 2 N–H and O–H groups in total. The summed E-state index contributed by atoms with van der Waals surface area (Å²) in [5.74, 6) is 2.65. The quantitative estimate of drug-likeness (QED) is 0.589. The van der Waals surface area contributed by atoms with Crippen molar-refractivity contribution in [1.29, 1.82) is 0 Å². The van der Waals surface area contributed by atoms with E-state index in [1.54, 1.807) is 17.1 Å². The molecule has 2 aliphatic carbocycles. The minimum Gasteiger partial charge on any atom is -0.396 e. The predicted molar refractivity (Wildman–Crippen MR) is 128 cm³/mol. The Morgan fingerprint density at radius 3 is 2.76 bits per heavy atom. The molecule has 3 aliphatic rings. The molecule has 6 rings (SSSR count). The number of aromatic nitrogens is 4. The number of rotatable bonds is 6. The lowest BCUT2D eigenvalue weighted by atomic mass is 10.1. The van der Waals surface area contributed by atoms with Crippen LogP contribution in [0, 0.1) is 31.6 Å². The molecule has 3 aromatic heterocycles. The maximum Gasteiger partial charge on any atom is 0.254 e. The van der Waals surface area contributed by atoms with E-state index in [-0.39, 0.29) is 11.9 Å². The van der Waals surface area contributed by atoms with E-state index in [2.05, 4.69) is 32.4 Å². The van der Waals surface area contributed by atoms with E-state index < -0.39 is 0 Å². The Hall–Kier alpha value is -3.26. The van der Waals surface area contributed by atoms with Gasteiger partial charge in [-0.05, 0) is 73.3 Å². The first-order chi connectivity index (χ1) is 16.5. The Morgan fingerprint density at radius 2 is 2.00 bits per heavy atom. The lowest BCUT2D eigenvalue weighted by Crippen LogP contribution is -2.26. The number of hydrogen-bond donors (Lipinski definition) is 2. The minimum absolute atomic E-state index is 0.0239. The highest BCUT2D eigenvalue weighted by Crippen LogP contribution is 2.51. The molecule has 1 aliphatic heterocycles. The maximum absolute atomic E-state index is 12.9. The molecule has 4 atom stereocenters. The molecule has 0 aromatic carbocycles. The Bertz CT molecular complexity index is 1240. The van der Waals surface area contributed by atoms with Gasteiger partial charge in [0.1, 0.15) is 5.82 Å². The first-order valence-corrected chi connectivity index (χ1v) is 12.1. The van der Waals surface area contributed by atoms with Gasteiger partial charge in [0, 0.05) is 43.5 Å². The van der Waals surface area contributed by atoms with E-state index in [4.69, 9.17) is 4.98 Å². The van der Waals surface area contributed by atoms with E-state index in [0.29, 0.717) is 36.5 Å². The number of nitrogens with zero attached hydrogens (tertiary/aromatic N) is 5. The van der Waals surface area contributed by atoms with E-state index in [0.717, 1.165) is 48.7 Å². The molecule has 8 heteroatoms. The molecule has 2 fully saturated rings. The summed E-state index contributed by atoms with van der Waals surface area (Å²) in [4.78, 5) is 24.4. The smallest absolute Gasteiger partial charge is 0.254 e. The summed E-state index contributed by atoms with van der Waals surface area (Å²) in [5.41, 5.74) is 6.12. The highest BCUT2D eigenvalue weighted by atomic mass is 16.3. The second-order valence-electron chi connectivity index (χ2n) is 9.95. The molecule has 0 radical (unpaired) electrons. The van der Waals surface area contributed by atoms with Gasteiger partial charge in [-0.1, -0.05) is 6.07 Å². The van der Waals surface area contributed by atoms with Crippen LogP contribution in [-0.4, -0.2) is 50.5 Å². The SMILES string of the molecule is Cc1nc(N2C[C@@H]3C(CO)[C@@H]3C2)ccc1Cn1cc(C(=O)N[C@@H]2CCc3c2ccnc3C)cn1. The summed E-state index contributed by atoms with van der Waals surface area (Å²) < 4.78 is 1.80. The molecular formula is C26H30N6O2. The van der Waals surface area contributed by atoms with Crippen molar-refractivity contribution in [3.05, 3.63) is 70.4 Å². The number of aryl methyl sites for hydroxylation is 2. The van der Waals surface area contributed by atoms with Crippen LogP contribution in [0.25, 0.3) is 0 Å². The van der Waals surface area contributed by atoms with Gasteiger partial charge < -0.3 is 15.3 Å². The molecule has 176 valence electrons. The van der Waals surface area contributed by atoms with Crippen LogP contribution in [-0.2, 0) is 13.0 Å². The number of pyridine rings is 2.